The first-order valence-corrected chi connectivity index (χ1v) is 12.3. The molecule has 2 aromatic heterocycles. The molecule has 0 bridgehead atoms. The number of amides is 1. The van der Waals surface area contributed by atoms with Crippen molar-refractivity contribution >= 4 is 40.0 Å². The monoisotopic (exact) mass is 450 g/mol. The van der Waals surface area contributed by atoms with Crippen LogP contribution in [0, 0.1) is 5.92 Å². The Labute approximate surface area is 186 Å². The van der Waals surface area contributed by atoms with Crippen molar-refractivity contribution in [3.8, 4) is 0 Å². The number of nitrogens with one attached hydrogen (secondary N) is 1. The molecule has 1 amide bonds. The molecule has 0 radical (unpaired) electrons. The van der Waals surface area contributed by atoms with Crippen molar-refractivity contribution in [2.75, 3.05) is 17.7 Å². The average Bonchev–Trinajstić information content (AvgIpc) is 3.26. The molecule has 1 atom stereocenters. The van der Waals surface area contributed by atoms with E-state index in [9.17, 15) is 9.59 Å². The number of hydrogen-bond donors (Lipinski definition) is 1. The predicted molar refractivity (Wildman–Crippen MR) is 121 cm³/mol. The summed E-state index contributed by atoms with van der Waals surface area (Å²) >= 11 is 2.87. The summed E-state index contributed by atoms with van der Waals surface area (Å²) in [5.41, 5.74) is 1.59. The number of aryl methyl sites for hydroxylation is 1. The van der Waals surface area contributed by atoms with Gasteiger partial charge in [0, 0.05) is 17.3 Å². The summed E-state index contributed by atoms with van der Waals surface area (Å²) in [7, 11) is 0. The van der Waals surface area contributed by atoms with E-state index in [0.29, 0.717) is 23.1 Å². The van der Waals surface area contributed by atoms with E-state index in [1.165, 1.54) is 28.0 Å². The normalized spacial score (nSPS) is 15.9. The second-order valence-electron chi connectivity index (χ2n) is 7.83. The quantitative estimate of drug-likeness (QED) is 0.470. The Bertz CT molecular complexity index is 920. The Kier molecular flexibility index (Phi) is 7.57. The second kappa shape index (κ2) is 9.96. The topological polar surface area (TPSA) is 86.1 Å². The predicted octanol–water partition coefficient (Wildman–Crippen LogP) is 4.52. The number of rotatable bonds is 8. The molecule has 9 heteroatoms. The van der Waals surface area contributed by atoms with Gasteiger partial charge in [-0.25, -0.2) is 4.79 Å². The fraction of sp³-hybridized carbons (Fsp3) is 0.619. The van der Waals surface area contributed by atoms with E-state index in [1.807, 2.05) is 6.92 Å². The van der Waals surface area contributed by atoms with Gasteiger partial charge in [-0.3, -0.25) is 4.79 Å². The van der Waals surface area contributed by atoms with Gasteiger partial charge in [-0.05, 0) is 51.5 Å². The largest absolute Gasteiger partial charge is 0.462 e. The van der Waals surface area contributed by atoms with Crippen molar-refractivity contribution in [1.82, 2.24) is 14.8 Å². The molecule has 0 aliphatic heterocycles. The fourth-order valence-corrected chi connectivity index (χ4v) is 6.02. The van der Waals surface area contributed by atoms with Gasteiger partial charge in [-0.15, -0.1) is 21.5 Å². The van der Waals surface area contributed by atoms with Gasteiger partial charge in [-0.1, -0.05) is 25.6 Å². The van der Waals surface area contributed by atoms with Crippen molar-refractivity contribution in [3.63, 3.8) is 0 Å². The Morgan fingerprint density at radius 1 is 1.33 bits per heavy atom. The molecule has 0 spiro atoms. The van der Waals surface area contributed by atoms with E-state index in [1.54, 1.807) is 6.92 Å². The Balaban J connectivity index is 1.75. The molecule has 30 heavy (non-hydrogen) atoms. The summed E-state index contributed by atoms with van der Waals surface area (Å²) in [6.45, 7) is 10.5. The SMILES string of the molecule is CCOC(=O)c1c(NC(=O)CSc2nnc(CC)n2C(C)C)sc2c1CCC(C)C2. The Hall–Kier alpha value is -1.87. The average molecular weight is 451 g/mol. The number of fused-ring (bicyclic) bond motifs is 1. The van der Waals surface area contributed by atoms with Gasteiger partial charge in [0.05, 0.1) is 17.9 Å². The van der Waals surface area contributed by atoms with Crippen molar-refractivity contribution in [1.29, 1.82) is 0 Å². The number of carbonyl (C=O) groups is 2. The lowest BCUT2D eigenvalue weighted by Crippen LogP contribution is -2.18. The van der Waals surface area contributed by atoms with Crippen LogP contribution < -0.4 is 5.32 Å². The highest BCUT2D eigenvalue weighted by molar-refractivity contribution is 7.99. The maximum atomic E-state index is 12.7. The van der Waals surface area contributed by atoms with Crippen LogP contribution in [0.15, 0.2) is 5.16 Å². The van der Waals surface area contributed by atoms with Gasteiger partial charge in [0.15, 0.2) is 5.16 Å². The van der Waals surface area contributed by atoms with Crippen LogP contribution in [0.4, 0.5) is 5.00 Å². The minimum absolute atomic E-state index is 0.159. The molecule has 0 fully saturated rings. The molecular formula is C21H30N4O3S2. The molecule has 1 N–H and O–H groups in total. The third kappa shape index (κ3) is 4.88. The summed E-state index contributed by atoms with van der Waals surface area (Å²) in [4.78, 5) is 26.5. The smallest absolute Gasteiger partial charge is 0.341 e. The number of nitrogens with zero attached hydrogens (tertiary/aromatic N) is 3. The first kappa shape index (κ1) is 22.8. The molecule has 1 unspecified atom stereocenters. The summed E-state index contributed by atoms with van der Waals surface area (Å²) < 4.78 is 7.34. The maximum absolute atomic E-state index is 12.7. The van der Waals surface area contributed by atoms with E-state index in [0.717, 1.165) is 42.2 Å². The van der Waals surface area contributed by atoms with Gasteiger partial charge >= 0.3 is 5.97 Å². The van der Waals surface area contributed by atoms with Crippen molar-refractivity contribution < 1.29 is 14.3 Å². The number of ether oxygens (including phenoxy) is 1. The zero-order valence-electron chi connectivity index (χ0n) is 18.3. The number of thioether (sulfide) groups is 1. The second-order valence-corrected chi connectivity index (χ2v) is 9.88. The molecule has 2 heterocycles. The van der Waals surface area contributed by atoms with E-state index in [-0.39, 0.29) is 23.7 Å². The third-order valence-corrected chi connectivity index (χ3v) is 7.26. The van der Waals surface area contributed by atoms with Crippen LogP contribution in [0.2, 0.25) is 0 Å². The standard InChI is InChI=1S/C21H30N4O3S2/c1-6-16-23-24-21(25(16)12(3)4)29-11-17(26)22-19-18(20(27)28-7-2)14-9-8-13(5)10-15(14)30-19/h12-13H,6-11H2,1-5H3,(H,22,26). The Morgan fingerprint density at radius 2 is 2.10 bits per heavy atom. The number of carbonyl (C=O) groups excluding carboxylic acids is 2. The van der Waals surface area contributed by atoms with Gasteiger partial charge in [0.25, 0.3) is 0 Å². The Morgan fingerprint density at radius 3 is 2.77 bits per heavy atom. The number of hydrogen-bond acceptors (Lipinski definition) is 7. The highest BCUT2D eigenvalue weighted by Crippen LogP contribution is 2.40. The van der Waals surface area contributed by atoms with Crippen LogP contribution in [0.25, 0.3) is 0 Å². The van der Waals surface area contributed by atoms with Gasteiger partial charge in [0.1, 0.15) is 10.8 Å². The highest BCUT2D eigenvalue weighted by Gasteiger charge is 2.29. The van der Waals surface area contributed by atoms with E-state index in [4.69, 9.17) is 4.74 Å². The summed E-state index contributed by atoms with van der Waals surface area (Å²) in [5.74, 6) is 1.20. The lowest BCUT2D eigenvalue weighted by Gasteiger charge is -2.18. The van der Waals surface area contributed by atoms with Crippen LogP contribution in [0.1, 0.15) is 73.7 Å². The minimum atomic E-state index is -0.348. The minimum Gasteiger partial charge on any atom is -0.462 e. The summed E-state index contributed by atoms with van der Waals surface area (Å²) in [6.07, 6.45) is 3.63. The zero-order valence-corrected chi connectivity index (χ0v) is 19.9. The van der Waals surface area contributed by atoms with Crippen LogP contribution in [-0.2, 0) is 28.8 Å². The van der Waals surface area contributed by atoms with Crippen LogP contribution in [0.5, 0.6) is 0 Å². The van der Waals surface area contributed by atoms with Crippen LogP contribution in [0.3, 0.4) is 0 Å². The van der Waals surface area contributed by atoms with Crippen LogP contribution >= 0.6 is 23.1 Å². The molecule has 0 saturated heterocycles. The molecule has 1 aliphatic carbocycles. The summed E-state index contributed by atoms with van der Waals surface area (Å²) in [6, 6.07) is 0.224. The molecule has 2 aromatic rings. The maximum Gasteiger partial charge on any atom is 0.341 e. The lowest BCUT2D eigenvalue weighted by atomic mass is 9.88. The van der Waals surface area contributed by atoms with Crippen molar-refractivity contribution in [2.45, 2.75) is 71.5 Å². The molecule has 164 valence electrons. The number of aromatic nitrogens is 3. The number of thiophene rings is 1. The van der Waals surface area contributed by atoms with Crippen molar-refractivity contribution in [3.05, 3.63) is 21.8 Å². The number of anilines is 1. The highest BCUT2D eigenvalue weighted by atomic mass is 32.2. The van der Waals surface area contributed by atoms with E-state index >= 15 is 0 Å². The molecule has 1 aliphatic rings. The number of esters is 1. The first-order valence-electron chi connectivity index (χ1n) is 10.5. The molecule has 3 rings (SSSR count). The molecule has 7 nitrogen and oxygen atoms in total. The van der Waals surface area contributed by atoms with Gasteiger partial charge in [-0.2, -0.15) is 0 Å². The summed E-state index contributed by atoms with van der Waals surface area (Å²) in [5, 5.41) is 12.8. The zero-order chi connectivity index (χ0) is 21.8. The third-order valence-electron chi connectivity index (χ3n) is 5.14. The van der Waals surface area contributed by atoms with E-state index < -0.39 is 0 Å². The van der Waals surface area contributed by atoms with Gasteiger partial charge < -0.3 is 14.6 Å². The van der Waals surface area contributed by atoms with Crippen LogP contribution in [-0.4, -0.2) is 39.0 Å². The lowest BCUT2D eigenvalue weighted by molar-refractivity contribution is -0.113. The van der Waals surface area contributed by atoms with Gasteiger partial charge in [0.2, 0.25) is 5.91 Å². The van der Waals surface area contributed by atoms with Crippen molar-refractivity contribution in [2.24, 2.45) is 5.92 Å². The molecule has 0 aromatic carbocycles. The van der Waals surface area contributed by atoms with E-state index in [2.05, 4.69) is 40.9 Å². The molecule has 0 saturated carbocycles. The molecular weight excluding hydrogens is 420 g/mol. The fourth-order valence-electron chi connectivity index (χ4n) is 3.72. The first-order chi connectivity index (χ1) is 14.3.